The van der Waals surface area contributed by atoms with Crippen LogP contribution in [-0.2, 0) is 5.41 Å². The van der Waals surface area contributed by atoms with E-state index in [1.807, 2.05) is 19.0 Å². The standard InChI is InChI=1S/C23H26ClFN2/c1-15(27(2)3)16-6-9-21-19(12-16)23(10-4-5-11-23)14-22(26-21)18-13-17(24)7-8-20(18)25/h6-9,12-13,22,26H,1,4-5,10-11,14H2,2-3H3. The van der Waals surface area contributed by atoms with Gasteiger partial charge in [-0.25, -0.2) is 4.39 Å². The van der Waals surface area contributed by atoms with E-state index in [9.17, 15) is 4.39 Å². The molecular weight excluding hydrogens is 359 g/mol. The van der Waals surface area contributed by atoms with Gasteiger partial charge in [0.1, 0.15) is 5.82 Å². The Kier molecular flexibility index (Phi) is 4.67. The first-order valence-electron chi connectivity index (χ1n) is 9.62. The molecule has 1 spiro atoms. The molecule has 0 amide bonds. The number of halogens is 2. The predicted octanol–water partition coefficient (Wildman–Crippen LogP) is 6.38. The lowest BCUT2D eigenvalue weighted by molar-refractivity contribution is 0.362. The lowest BCUT2D eigenvalue weighted by Crippen LogP contribution is -2.34. The smallest absolute Gasteiger partial charge is 0.128 e. The molecule has 1 N–H and O–H groups in total. The second-order valence-corrected chi connectivity index (χ2v) is 8.59. The molecule has 1 aliphatic carbocycles. The molecule has 1 saturated carbocycles. The number of hydrogen-bond donors (Lipinski definition) is 1. The molecule has 0 bridgehead atoms. The fraction of sp³-hybridized carbons (Fsp3) is 0.391. The average molecular weight is 385 g/mol. The summed E-state index contributed by atoms with van der Waals surface area (Å²) in [5.41, 5.74) is 5.40. The minimum atomic E-state index is -0.189. The number of hydrogen-bond acceptors (Lipinski definition) is 2. The molecule has 27 heavy (non-hydrogen) atoms. The number of nitrogens with zero attached hydrogens (tertiary/aromatic N) is 1. The lowest BCUT2D eigenvalue weighted by atomic mass is 9.69. The number of benzene rings is 2. The number of nitrogens with one attached hydrogen (secondary N) is 1. The summed E-state index contributed by atoms with van der Waals surface area (Å²) in [6, 6.07) is 11.3. The Hall–Kier alpha value is -2.00. The minimum Gasteiger partial charge on any atom is -0.378 e. The zero-order chi connectivity index (χ0) is 19.2. The minimum absolute atomic E-state index is 0.0581. The van der Waals surface area contributed by atoms with Crippen LogP contribution in [0.5, 0.6) is 0 Å². The first-order chi connectivity index (χ1) is 12.9. The van der Waals surface area contributed by atoms with E-state index in [-0.39, 0.29) is 17.3 Å². The number of fused-ring (bicyclic) bond motifs is 2. The van der Waals surface area contributed by atoms with Crippen LogP contribution >= 0.6 is 11.6 Å². The molecule has 4 heteroatoms. The highest BCUT2D eigenvalue weighted by Crippen LogP contribution is 2.53. The molecule has 0 radical (unpaired) electrons. The van der Waals surface area contributed by atoms with E-state index in [1.165, 1.54) is 24.5 Å². The Morgan fingerprint density at radius 2 is 1.93 bits per heavy atom. The summed E-state index contributed by atoms with van der Waals surface area (Å²) in [5.74, 6) is -0.189. The number of anilines is 1. The van der Waals surface area contributed by atoms with E-state index in [0.29, 0.717) is 10.6 Å². The van der Waals surface area contributed by atoms with Crippen molar-refractivity contribution in [3.8, 4) is 0 Å². The van der Waals surface area contributed by atoms with E-state index >= 15 is 0 Å². The van der Waals surface area contributed by atoms with E-state index in [0.717, 1.165) is 36.2 Å². The topological polar surface area (TPSA) is 15.3 Å². The first kappa shape index (κ1) is 18.4. The van der Waals surface area contributed by atoms with Gasteiger partial charge in [-0.05, 0) is 66.1 Å². The summed E-state index contributed by atoms with van der Waals surface area (Å²) in [7, 11) is 4.03. The normalized spacial score (nSPS) is 20.2. The third-order valence-electron chi connectivity index (χ3n) is 6.28. The monoisotopic (exact) mass is 384 g/mol. The van der Waals surface area contributed by atoms with Crippen LogP contribution in [0, 0.1) is 5.82 Å². The quantitative estimate of drug-likeness (QED) is 0.660. The van der Waals surface area contributed by atoms with Crippen LogP contribution in [-0.4, -0.2) is 19.0 Å². The Labute approximate surface area is 166 Å². The van der Waals surface area contributed by atoms with Gasteiger partial charge in [0.2, 0.25) is 0 Å². The zero-order valence-electron chi connectivity index (χ0n) is 16.0. The van der Waals surface area contributed by atoms with E-state index < -0.39 is 0 Å². The van der Waals surface area contributed by atoms with Crippen LogP contribution in [0.3, 0.4) is 0 Å². The second kappa shape index (κ2) is 6.87. The molecule has 2 nitrogen and oxygen atoms in total. The van der Waals surface area contributed by atoms with Crippen molar-refractivity contribution in [2.75, 3.05) is 19.4 Å². The molecule has 1 aliphatic heterocycles. The molecule has 0 saturated heterocycles. The van der Waals surface area contributed by atoms with Gasteiger partial charge in [-0.3, -0.25) is 0 Å². The Morgan fingerprint density at radius 1 is 1.19 bits per heavy atom. The summed E-state index contributed by atoms with van der Waals surface area (Å²) in [5, 5.41) is 4.17. The highest BCUT2D eigenvalue weighted by atomic mass is 35.5. The van der Waals surface area contributed by atoms with E-state index in [4.69, 9.17) is 11.6 Å². The highest BCUT2D eigenvalue weighted by Gasteiger charge is 2.43. The van der Waals surface area contributed by atoms with Gasteiger partial charge in [0.25, 0.3) is 0 Å². The fourth-order valence-electron chi connectivity index (χ4n) is 4.78. The Morgan fingerprint density at radius 3 is 2.63 bits per heavy atom. The van der Waals surface area contributed by atoms with Crippen molar-refractivity contribution >= 4 is 23.0 Å². The van der Waals surface area contributed by atoms with Crippen molar-refractivity contribution in [3.05, 3.63) is 70.5 Å². The van der Waals surface area contributed by atoms with Crippen LogP contribution in [0.1, 0.15) is 54.8 Å². The molecule has 142 valence electrons. The highest BCUT2D eigenvalue weighted by molar-refractivity contribution is 6.30. The molecule has 2 aromatic rings. The largest absolute Gasteiger partial charge is 0.378 e. The van der Waals surface area contributed by atoms with Crippen LogP contribution < -0.4 is 5.32 Å². The maximum absolute atomic E-state index is 14.5. The third kappa shape index (κ3) is 3.23. The molecule has 1 fully saturated rings. The molecular formula is C23H26ClFN2. The predicted molar refractivity (Wildman–Crippen MR) is 112 cm³/mol. The Bertz CT molecular complexity index is 884. The van der Waals surface area contributed by atoms with Gasteiger partial charge in [0, 0.05) is 36.1 Å². The molecule has 0 aromatic heterocycles. The Balaban J connectivity index is 1.78. The molecule has 2 aliphatic rings. The maximum Gasteiger partial charge on any atom is 0.128 e. The van der Waals surface area contributed by atoms with E-state index in [1.54, 1.807) is 12.1 Å². The summed E-state index contributed by atoms with van der Waals surface area (Å²) < 4.78 is 14.5. The lowest BCUT2D eigenvalue weighted by Gasteiger charge is -2.42. The van der Waals surface area contributed by atoms with Gasteiger partial charge < -0.3 is 10.2 Å². The summed E-state index contributed by atoms with van der Waals surface area (Å²) in [6.07, 6.45) is 5.65. The van der Waals surface area contributed by atoms with Crippen molar-refractivity contribution in [1.82, 2.24) is 4.90 Å². The third-order valence-corrected chi connectivity index (χ3v) is 6.52. The van der Waals surface area contributed by atoms with Crippen LogP contribution in [0.4, 0.5) is 10.1 Å². The average Bonchev–Trinajstić information content (AvgIpc) is 3.11. The SMILES string of the molecule is C=C(c1ccc2c(c1)C1(CCCC1)CC(c1cc(Cl)ccc1F)N2)N(C)C. The van der Waals surface area contributed by atoms with Gasteiger partial charge in [-0.1, -0.05) is 37.1 Å². The van der Waals surface area contributed by atoms with Gasteiger partial charge in [-0.2, -0.15) is 0 Å². The number of rotatable bonds is 3. The molecule has 1 atom stereocenters. The van der Waals surface area contributed by atoms with Crippen LogP contribution in [0.15, 0.2) is 43.0 Å². The molecule has 1 unspecified atom stereocenters. The molecule has 4 rings (SSSR count). The second-order valence-electron chi connectivity index (χ2n) is 8.16. The first-order valence-corrected chi connectivity index (χ1v) is 10.00. The van der Waals surface area contributed by atoms with Crippen LogP contribution in [0.25, 0.3) is 5.70 Å². The maximum atomic E-state index is 14.5. The van der Waals surface area contributed by atoms with Crippen molar-refractivity contribution in [2.24, 2.45) is 0 Å². The van der Waals surface area contributed by atoms with Gasteiger partial charge in [0.15, 0.2) is 0 Å². The van der Waals surface area contributed by atoms with Crippen LogP contribution in [0.2, 0.25) is 5.02 Å². The summed E-state index contributed by atoms with van der Waals surface area (Å²) in [6.45, 7) is 4.21. The zero-order valence-corrected chi connectivity index (χ0v) is 16.7. The van der Waals surface area contributed by atoms with Gasteiger partial charge in [0.05, 0.1) is 6.04 Å². The fourth-order valence-corrected chi connectivity index (χ4v) is 4.96. The van der Waals surface area contributed by atoms with E-state index in [2.05, 4.69) is 30.1 Å². The molecule has 1 heterocycles. The summed E-state index contributed by atoms with van der Waals surface area (Å²) in [4.78, 5) is 2.05. The van der Waals surface area contributed by atoms with Crippen molar-refractivity contribution in [2.45, 2.75) is 43.6 Å². The van der Waals surface area contributed by atoms with Crippen molar-refractivity contribution in [1.29, 1.82) is 0 Å². The summed E-state index contributed by atoms with van der Waals surface area (Å²) >= 11 is 6.16. The van der Waals surface area contributed by atoms with Crippen molar-refractivity contribution in [3.63, 3.8) is 0 Å². The molecule has 2 aromatic carbocycles. The van der Waals surface area contributed by atoms with Crippen molar-refractivity contribution < 1.29 is 4.39 Å². The van der Waals surface area contributed by atoms with Gasteiger partial charge in [-0.15, -0.1) is 0 Å². The van der Waals surface area contributed by atoms with Gasteiger partial charge >= 0.3 is 0 Å².